The van der Waals surface area contributed by atoms with Crippen molar-refractivity contribution in [1.29, 1.82) is 0 Å². The van der Waals surface area contributed by atoms with E-state index >= 15 is 0 Å². The molecule has 1 amide bonds. The molecule has 3 aliphatic rings. The highest BCUT2D eigenvalue weighted by Crippen LogP contribution is 2.32. The summed E-state index contributed by atoms with van der Waals surface area (Å²) in [5.41, 5.74) is 0. The Morgan fingerprint density at radius 3 is 1.81 bits per heavy atom. The van der Waals surface area contributed by atoms with E-state index in [2.05, 4.69) is 5.32 Å². The van der Waals surface area contributed by atoms with Crippen molar-refractivity contribution in [3.05, 3.63) is 0 Å². The van der Waals surface area contributed by atoms with Gasteiger partial charge in [0, 0.05) is 6.92 Å². The third-order valence-corrected chi connectivity index (χ3v) is 6.46. The molecule has 0 aliphatic carbocycles. The first-order valence-electron chi connectivity index (χ1n) is 11.4. The summed E-state index contributed by atoms with van der Waals surface area (Å²) in [6, 6.07) is -1.39. The number of amides is 1. The maximum atomic E-state index is 11.7. The van der Waals surface area contributed by atoms with Gasteiger partial charge in [0.2, 0.25) is 5.91 Å². The Morgan fingerprint density at radius 2 is 1.25 bits per heavy atom. The third-order valence-electron chi connectivity index (χ3n) is 6.46. The molecular formula is C20H35NO15. The van der Waals surface area contributed by atoms with Crippen LogP contribution in [0.5, 0.6) is 0 Å². The van der Waals surface area contributed by atoms with Gasteiger partial charge in [-0.15, -0.1) is 0 Å². The first-order valence-corrected chi connectivity index (χ1v) is 11.4. The molecule has 7 unspecified atom stereocenters. The fourth-order valence-electron chi connectivity index (χ4n) is 4.38. The first kappa shape index (κ1) is 29.5. The largest absolute Gasteiger partial charge is 0.394 e. The average Bonchev–Trinajstić information content (AvgIpc) is 2.83. The summed E-state index contributed by atoms with van der Waals surface area (Å²) in [7, 11) is 0. The minimum Gasteiger partial charge on any atom is -0.394 e. The highest BCUT2D eigenvalue weighted by atomic mass is 16.8. The van der Waals surface area contributed by atoms with Crippen LogP contribution in [0.3, 0.4) is 0 Å². The van der Waals surface area contributed by atoms with Gasteiger partial charge in [0.1, 0.15) is 67.1 Å². The Kier molecular flexibility index (Phi) is 9.97. The van der Waals surface area contributed by atoms with Crippen LogP contribution in [0.1, 0.15) is 13.8 Å². The van der Waals surface area contributed by atoms with Gasteiger partial charge in [-0.2, -0.15) is 0 Å². The van der Waals surface area contributed by atoms with E-state index in [0.29, 0.717) is 0 Å². The van der Waals surface area contributed by atoms with Crippen LogP contribution in [0.15, 0.2) is 0 Å². The molecule has 10 N–H and O–H groups in total. The maximum Gasteiger partial charge on any atom is 0.217 e. The lowest BCUT2D eigenvalue weighted by Crippen LogP contribution is -2.68. The number of carbonyl (C=O) groups is 1. The van der Waals surface area contributed by atoms with Crippen LogP contribution < -0.4 is 5.32 Å². The lowest BCUT2D eigenvalue weighted by molar-refractivity contribution is -0.378. The maximum absolute atomic E-state index is 11.7. The summed E-state index contributed by atoms with van der Waals surface area (Å²) < 4.78 is 27.4. The molecule has 15 atom stereocenters. The summed E-state index contributed by atoms with van der Waals surface area (Å²) in [5.74, 6) is -0.630. The molecule has 0 saturated carbocycles. The second-order valence-electron chi connectivity index (χ2n) is 9.05. The lowest BCUT2D eigenvalue weighted by atomic mass is 9.95. The molecule has 0 aromatic carbocycles. The zero-order chi connectivity index (χ0) is 26.9. The van der Waals surface area contributed by atoms with E-state index < -0.39 is 111 Å². The highest BCUT2D eigenvalue weighted by molar-refractivity contribution is 5.73. The van der Waals surface area contributed by atoms with E-state index in [9.17, 15) is 50.8 Å². The summed E-state index contributed by atoms with van der Waals surface area (Å²) in [4.78, 5) is 11.7. The van der Waals surface area contributed by atoms with E-state index in [1.54, 1.807) is 0 Å². The van der Waals surface area contributed by atoms with Gasteiger partial charge in [-0.1, -0.05) is 0 Å². The number of hydrogen-bond acceptors (Lipinski definition) is 15. The van der Waals surface area contributed by atoms with Crippen molar-refractivity contribution in [3.63, 3.8) is 0 Å². The van der Waals surface area contributed by atoms with Gasteiger partial charge in [-0.3, -0.25) is 4.79 Å². The molecule has 0 radical (unpaired) electrons. The Bertz CT molecular complexity index is 729. The van der Waals surface area contributed by atoms with Gasteiger partial charge in [-0.25, -0.2) is 0 Å². The topological polar surface area (TPSA) is 257 Å². The van der Waals surface area contributed by atoms with E-state index in [0.717, 1.165) is 6.92 Å². The predicted molar refractivity (Wildman–Crippen MR) is 111 cm³/mol. The number of ether oxygens (including phenoxy) is 5. The molecule has 16 heteroatoms. The highest BCUT2D eigenvalue weighted by Gasteiger charge is 2.53. The number of aliphatic hydroxyl groups excluding tert-OH is 9. The second kappa shape index (κ2) is 12.2. The van der Waals surface area contributed by atoms with Crippen molar-refractivity contribution >= 4 is 5.91 Å². The van der Waals surface area contributed by atoms with Crippen LogP contribution in [0.4, 0.5) is 0 Å². The van der Waals surface area contributed by atoms with Gasteiger partial charge in [0.25, 0.3) is 0 Å². The zero-order valence-corrected chi connectivity index (χ0v) is 19.5. The third kappa shape index (κ3) is 5.97. The SMILES string of the molecule is CC(=O)NC1[C@H](O[C@H]2C(O[C@H]3OC(CO)[C@@H](O)C(O)C3O)[C@@H](O)C(C)O[C@H]2O)OC(CO)[C@@H](O)[C@@H]1O. The Balaban J connectivity index is 1.86. The Hall–Kier alpha value is -1.09. The molecule has 0 aromatic rings. The summed E-state index contributed by atoms with van der Waals surface area (Å²) in [6.45, 7) is 1.05. The van der Waals surface area contributed by atoms with Gasteiger partial charge in [-0.05, 0) is 6.92 Å². The minimum absolute atomic E-state index is 0.630. The van der Waals surface area contributed by atoms with Crippen molar-refractivity contribution in [2.24, 2.45) is 0 Å². The quantitative estimate of drug-likeness (QED) is 0.147. The molecule has 3 aliphatic heterocycles. The van der Waals surface area contributed by atoms with Crippen molar-refractivity contribution in [2.45, 2.75) is 106 Å². The number of carbonyl (C=O) groups excluding carboxylic acids is 1. The molecule has 210 valence electrons. The van der Waals surface area contributed by atoms with Crippen molar-refractivity contribution in [3.8, 4) is 0 Å². The lowest BCUT2D eigenvalue weighted by Gasteiger charge is -2.48. The molecule has 0 aromatic heterocycles. The molecular weight excluding hydrogens is 494 g/mol. The van der Waals surface area contributed by atoms with Crippen LogP contribution in [-0.4, -0.2) is 157 Å². The van der Waals surface area contributed by atoms with E-state index in [4.69, 9.17) is 23.7 Å². The summed E-state index contributed by atoms with van der Waals surface area (Å²) >= 11 is 0. The number of aliphatic hydroxyl groups is 9. The first-order chi connectivity index (χ1) is 16.9. The van der Waals surface area contributed by atoms with Crippen LogP contribution in [0.25, 0.3) is 0 Å². The smallest absolute Gasteiger partial charge is 0.217 e. The van der Waals surface area contributed by atoms with Crippen LogP contribution in [-0.2, 0) is 28.5 Å². The van der Waals surface area contributed by atoms with E-state index in [-0.39, 0.29) is 0 Å². The standard InChI is InChI=1S/C20H35NO15/c1-5-10(25)16(35-20-15(30)14(29)12(27)8(4-23)34-20)17(18(31)32-5)36-19-9(21-6(2)24)13(28)11(26)7(3-22)33-19/h5,7-20,22-23,25-31H,3-4H2,1-2H3,(H,21,24)/t5?,7?,8?,9?,10-,11+,12+,13+,14?,15?,16?,17-,18+,19-,20+/m0/s1. The van der Waals surface area contributed by atoms with Crippen LogP contribution in [0, 0.1) is 0 Å². The number of nitrogens with one attached hydrogen (secondary N) is 1. The normalized spacial score (nSPS) is 50.0. The molecule has 3 rings (SSSR count). The van der Waals surface area contributed by atoms with Crippen LogP contribution in [0.2, 0.25) is 0 Å². The summed E-state index contributed by atoms with van der Waals surface area (Å²) in [6.07, 6.45) is -22.1. The average molecular weight is 529 g/mol. The number of rotatable bonds is 7. The molecule has 3 saturated heterocycles. The van der Waals surface area contributed by atoms with E-state index in [1.165, 1.54) is 6.92 Å². The van der Waals surface area contributed by atoms with Gasteiger partial charge < -0.3 is 75.0 Å². The van der Waals surface area contributed by atoms with Crippen molar-refractivity contribution in [2.75, 3.05) is 13.2 Å². The molecule has 36 heavy (non-hydrogen) atoms. The van der Waals surface area contributed by atoms with E-state index in [1.807, 2.05) is 0 Å². The van der Waals surface area contributed by atoms with Crippen molar-refractivity contribution < 1.29 is 74.4 Å². The molecule has 0 spiro atoms. The zero-order valence-electron chi connectivity index (χ0n) is 19.5. The monoisotopic (exact) mass is 529 g/mol. The van der Waals surface area contributed by atoms with Gasteiger partial charge in [0.05, 0.1) is 19.3 Å². The minimum atomic E-state index is -1.83. The predicted octanol–water partition coefficient (Wildman–Crippen LogP) is -6.40. The second-order valence-corrected chi connectivity index (χ2v) is 9.05. The molecule has 0 bridgehead atoms. The fraction of sp³-hybridized carbons (Fsp3) is 0.950. The Labute approximate surface area is 205 Å². The van der Waals surface area contributed by atoms with Crippen LogP contribution >= 0.6 is 0 Å². The van der Waals surface area contributed by atoms with Crippen molar-refractivity contribution in [1.82, 2.24) is 5.32 Å². The van der Waals surface area contributed by atoms with Gasteiger partial charge in [0.15, 0.2) is 18.9 Å². The van der Waals surface area contributed by atoms with Gasteiger partial charge >= 0.3 is 0 Å². The molecule has 16 nitrogen and oxygen atoms in total. The molecule has 3 fully saturated rings. The molecule has 3 heterocycles. The Morgan fingerprint density at radius 1 is 0.722 bits per heavy atom. The summed E-state index contributed by atoms with van der Waals surface area (Å²) in [5, 5.41) is 93.6. The number of hydrogen-bond donors (Lipinski definition) is 10. The fourth-order valence-corrected chi connectivity index (χ4v) is 4.38.